The van der Waals surface area contributed by atoms with E-state index in [1.54, 1.807) is 20.8 Å². The van der Waals surface area contributed by atoms with Gasteiger partial charge in [-0.15, -0.1) is 0 Å². The van der Waals surface area contributed by atoms with Crippen molar-refractivity contribution in [2.45, 2.75) is 70.9 Å². The summed E-state index contributed by atoms with van der Waals surface area (Å²) in [7, 11) is -1.32. The van der Waals surface area contributed by atoms with E-state index in [4.69, 9.17) is 14.6 Å². The van der Waals surface area contributed by atoms with E-state index < -0.39 is 37.7 Å². The molecule has 1 amide bonds. The number of carboxylic acid groups (broad SMARTS) is 1. The second-order valence-electron chi connectivity index (χ2n) is 7.61. The number of esters is 1. The van der Waals surface area contributed by atoms with E-state index in [1.807, 2.05) is 0 Å². The van der Waals surface area contributed by atoms with Gasteiger partial charge in [0.1, 0.15) is 11.6 Å². The first kappa shape index (κ1) is 21.4. The number of hydrogen-bond acceptors (Lipinski definition) is 5. The molecule has 23 heavy (non-hydrogen) atoms. The predicted octanol–water partition coefficient (Wildman–Crippen LogP) is 2.63. The van der Waals surface area contributed by atoms with Crippen LogP contribution in [0.15, 0.2) is 0 Å². The minimum Gasteiger partial charge on any atom is -0.480 e. The van der Waals surface area contributed by atoms with Crippen LogP contribution in [0.1, 0.15) is 33.6 Å². The van der Waals surface area contributed by atoms with Crippen molar-refractivity contribution in [3.63, 3.8) is 0 Å². The molecular formula is C15H29NO6Si. The van der Waals surface area contributed by atoms with Crippen molar-refractivity contribution in [3.8, 4) is 0 Å². The minimum atomic E-state index is -1.32. The number of hydrogen-bond donors (Lipinski definition) is 2. The lowest BCUT2D eigenvalue weighted by molar-refractivity contribution is -0.155. The average molecular weight is 347 g/mol. The molecule has 0 bridgehead atoms. The van der Waals surface area contributed by atoms with Gasteiger partial charge in [0.25, 0.3) is 0 Å². The number of rotatable bonds is 8. The number of amides is 1. The molecule has 0 aromatic carbocycles. The molecule has 0 saturated heterocycles. The van der Waals surface area contributed by atoms with Gasteiger partial charge in [-0.25, -0.2) is 9.59 Å². The van der Waals surface area contributed by atoms with Gasteiger partial charge in [-0.1, -0.05) is 19.6 Å². The van der Waals surface area contributed by atoms with Crippen molar-refractivity contribution in [1.82, 2.24) is 5.32 Å². The Labute approximate surface area is 138 Å². The van der Waals surface area contributed by atoms with E-state index in [9.17, 15) is 14.4 Å². The van der Waals surface area contributed by atoms with Crippen LogP contribution in [-0.2, 0) is 19.1 Å². The second-order valence-corrected chi connectivity index (χ2v) is 13.2. The Hall–Kier alpha value is -1.57. The number of carbonyl (C=O) groups excluding carboxylic acids is 2. The van der Waals surface area contributed by atoms with Crippen LogP contribution in [0.25, 0.3) is 0 Å². The van der Waals surface area contributed by atoms with Gasteiger partial charge in [0, 0.05) is 14.5 Å². The maximum atomic E-state index is 11.6. The lowest BCUT2D eigenvalue weighted by Gasteiger charge is -2.20. The lowest BCUT2D eigenvalue weighted by Crippen LogP contribution is -2.42. The Morgan fingerprint density at radius 3 is 2.17 bits per heavy atom. The number of carbonyl (C=O) groups is 3. The fraction of sp³-hybridized carbons (Fsp3) is 0.800. The third-order valence-corrected chi connectivity index (χ3v) is 4.44. The maximum Gasteiger partial charge on any atom is 0.407 e. The van der Waals surface area contributed by atoms with Gasteiger partial charge in [0.05, 0.1) is 6.61 Å². The van der Waals surface area contributed by atoms with E-state index in [0.29, 0.717) is 0 Å². The van der Waals surface area contributed by atoms with E-state index in [0.717, 1.165) is 6.04 Å². The summed E-state index contributed by atoms with van der Waals surface area (Å²) in [6, 6.07) is -0.377. The third-order valence-electron chi connectivity index (χ3n) is 2.73. The Morgan fingerprint density at radius 2 is 1.74 bits per heavy atom. The number of carboxylic acids is 1. The first-order valence-corrected chi connectivity index (χ1v) is 11.4. The molecule has 0 saturated carbocycles. The van der Waals surface area contributed by atoms with Crippen LogP contribution in [0, 0.1) is 0 Å². The average Bonchev–Trinajstić information content (AvgIpc) is 2.30. The third kappa shape index (κ3) is 12.6. The summed E-state index contributed by atoms with van der Waals surface area (Å²) >= 11 is 0. The van der Waals surface area contributed by atoms with Crippen LogP contribution in [0.2, 0.25) is 25.7 Å². The minimum absolute atomic E-state index is 0.0482. The zero-order chi connectivity index (χ0) is 18.3. The number of ether oxygens (including phenoxy) is 2. The molecule has 0 unspecified atom stereocenters. The van der Waals surface area contributed by atoms with Crippen LogP contribution in [-0.4, -0.2) is 49.5 Å². The van der Waals surface area contributed by atoms with Crippen molar-refractivity contribution < 1.29 is 29.0 Å². The topological polar surface area (TPSA) is 102 Å². The number of aliphatic carboxylic acids is 1. The van der Waals surface area contributed by atoms with Crippen molar-refractivity contribution >= 4 is 26.1 Å². The Bertz CT molecular complexity index is 425. The first-order valence-electron chi connectivity index (χ1n) is 7.68. The molecule has 134 valence electrons. The maximum absolute atomic E-state index is 11.6. The molecule has 0 radical (unpaired) electrons. The van der Waals surface area contributed by atoms with E-state index >= 15 is 0 Å². The van der Waals surface area contributed by atoms with E-state index in [-0.39, 0.29) is 19.4 Å². The van der Waals surface area contributed by atoms with Crippen molar-refractivity contribution in [2.75, 3.05) is 6.61 Å². The molecule has 0 spiro atoms. The molecule has 0 rings (SSSR count). The van der Waals surface area contributed by atoms with Crippen LogP contribution in [0.3, 0.4) is 0 Å². The van der Waals surface area contributed by atoms with Gasteiger partial charge in [-0.2, -0.15) is 0 Å². The Kier molecular flexibility index (Phi) is 8.29. The molecular weight excluding hydrogens is 318 g/mol. The zero-order valence-electron chi connectivity index (χ0n) is 14.9. The van der Waals surface area contributed by atoms with Crippen LogP contribution in [0.4, 0.5) is 4.79 Å². The van der Waals surface area contributed by atoms with Gasteiger partial charge in [0.15, 0.2) is 0 Å². The van der Waals surface area contributed by atoms with Gasteiger partial charge in [-0.05, 0) is 33.2 Å². The normalized spacial score (nSPS) is 13.1. The smallest absolute Gasteiger partial charge is 0.407 e. The highest BCUT2D eigenvalue weighted by molar-refractivity contribution is 6.76. The molecule has 0 fully saturated rings. The first-order chi connectivity index (χ1) is 10.3. The fourth-order valence-corrected chi connectivity index (χ4v) is 2.26. The summed E-state index contributed by atoms with van der Waals surface area (Å²) in [5.41, 5.74) is -0.626. The Morgan fingerprint density at radius 1 is 1.17 bits per heavy atom. The molecule has 0 heterocycles. The van der Waals surface area contributed by atoms with E-state index in [2.05, 4.69) is 25.0 Å². The van der Waals surface area contributed by atoms with Crippen LogP contribution < -0.4 is 5.32 Å². The number of nitrogens with one attached hydrogen (secondary N) is 1. The molecule has 1 atom stereocenters. The molecule has 8 heteroatoms. The van der Waals surface area contributed by atoms with Crippen molar-refractivity contribution in [2.24, 2.45) is 0 Å². The molecule has 2 N–H and O–H groups in total. The molecule has 7 nitrogen and oxygen atoms in total. The monoisotopic (exact) mass is 347 g/mol. The summed E-state index contributed by atoms with van der Waals surface area (Å²) in [4.78, 5) is 34.4. The van der Waals surface area contributed by atoms with E-state index in [1.165, 1.54) is 0 Å². The van der Waals surface area contributed by atoms with Gasteiger partial charge in [0.2, 0.25) is 0 Å². The summed E-state index contributed by atoms with van der Waals surface area (Å²) in [5.74, 6) is -1.71. The van der Waals surface area contributed by atoms with Crippen LogP contribution >= 0.6 is 0 Å². The Balaban J connectivity index is 4.29. The second kappa shape index (κ2) is 8.90. The molecule has 0 aromatic heterocycles. The fourth-order valence-electron chi connectivity index (χ4n) is 1.55. The highest BCUT2D eigenvalue weighted by atomic mass is 28.3. The lowest BCUT2D eigenvalue weighted by atomic mass is 10.1. The summed E-state index contributed by atoms with van der Waals surface area (Å²) in [6.07, 6.45) is -0.920. The van der Waals surface area contributed by atoms with Crippen LogP contribution in [0.5, 0.6) is 0 Å². The predicted molar refractivity (Wildman–Crippen MR) is 89.1 cm³/mol. The van der Waals surface area contributed by atoms with Gasteiger partial charge < -0.3 is 19.9 Å². The zero-order valence-corrected chi connectivity index (χ0v) is 15.9. The van der Waals surface area contributed by atoms with Crippen molar-refractivity contribution in [3.05, 3.63) is 0 Å². The molecule has 0 aliphatic heterocycles. The molecule has 0 aliphatic rings. The highest BCUT2D eigenvalue weighted by Crippen LogP contribution is 2.11. The van der Waals surface area contributed by atoms with Gasteiger partial charge >= 0.3 is 18.0 Å². The quantitative estimate of drug-likeness (QED) is 0.517. The summed E-state index contributed by atoms with van der Waals surface area (Å²) < 4.78 is 10.1. The largest absolute Gasteiger partial charge is 0.480 e. The SMILES string of the molecule is CC(C)(C)OC(=O)CC[C@H](NC(=O)OCC[Si](C)(C)C)C(=O)O. The molecule has 0 aliphatic carbocycles. The summed E-state index contributed by atoms with van der Waals surface area (Å²) in [5, 5.41) is 11.4. The van der Waals surface area contributed by atoms with Gasteiger partial charge in [-0.3, -0.25) is 4.79 Å². The number of alkyl carbamates (subject to hydrolysis) is 1. The molecule has 0 aromatic rings. The van der Waals surface area contributed by atoms with Crippen molar-refractivity contribution in [1.29, 1.82) is 0 Å². The summed E-state index contributed by atoms with van der Waals surface area (Å²) in [6.45, 7) is 11.9. The highest BCUT2D eigenvalue weighted by Gasteiger charge is 2.24. The standard InChI is InChI=1S/C15H29NO6Si/c1-15(2,3)22-12(17)8-7-11(13(18)19)16-14(20)21-9-10-23(4,5)6/h11H,7-10H2,1-6H3,(H,16,20)(H,18,19)/t11-/m0/s1.